The molecule has 0 aromatic carbocycles. The summed E-state index contributed by atoms with van der Waals surface area (Å²) in [5, 5.41) is 4.09. The Kier molecular flexibility index (Phi) is 5.14. The molecule has 0 radical (unpaired) electrons. The summed E-state index contributed by atoms with van der Waals surface area (Å²) in [6.45, 7) is 5.92. The molecule has 0 aliphatic heterocycles. The van der Waals surface area contributed by atoms with Crippen molar-refractivity contribution in [2.45, 2.75) is 33.1 Å². The summed E-state index contributed by atoms with van der Waals surface area (Å²) in [6, 6.07) is 1.77. The van der Waals surface area contributed by atoms with E-state index in [-0.39, 0.29) is 6.29 Å². The van der Waals surface area contributed by atoms with Gasteiger partial charge in [0, 0.05) is 26.2 Å². The molecular weight excluding hydrogens is 194 g/mol. The highest BCUT2D eigenvalue weighted by atomic mass is 16.7. The Balaban J connectivity index is 2.36. The molecule has 1 aromatic heterocycles. The van der Waals surface area contributed by atoms with Crippen LogP contribution in [0, 0.1) is 0 Å². The first-order valence-corrected chi connectivity index (χ1v) is 5.28. The highest BCUT2D eigenvalue weighted by Crippen LogP contribution is 2.06. The Bertz CT molecular complexity index is 269. The quantitative estimate of drug-likeness (QED) is 0.692. The number of nitrogens with two attached hydrogens (primary N) is 1. The third-order valence-electron chi connectivity index (χ3n) is 2.03. The van der Waals surface area contributed by atoms with Gasteiger partial charge in [0.15, 0.2) is 6.29 Å². The van der Waals surface area contributed by atoms with E-state index in [1.165, 1.54) is 0 Å². The molecule has 5 nitrogen and oxygen atoms in total. The van der Waals surface area contributed by atoms with Gasteiger partial charge in [-0.25, -0.2) is 4.68 Å². The maximum atomic E-state index is 5.69. The van der Waals surface area contributed by atoms with Crippen LogP contribution in [0.25, 0.3) is 0 Å². The van der Waals surface area contributed by atoms with Crippen LogP contribution in [-0.2, 0) is 16.0 Å². The van der Waals surface area contributed by atoms with Crippen molar-refractivity contribution in [3.63, 3.8) is 0 Å². The second-order valence-corrected chi connectivity index (χ2v) is 3.11. The van der Waals surface area contributed by atoms with Gasteiger partial charge in [-0.05, 0) is 19.9 Å². The van der Waals surface area contributed by atoms with Gasteiger partial charge in [0.05, 0.1) is 6.20 Å². The van der Waals surface area contributed by atoms with Crippen molar-refractivity contribution >= 4 is 5.82 Å². The molecule has 0 aliphatic carbocycles. The summed E-state index contributed by atoms with van der Waals surface area (Å²) < 4.78 is 12.6. The fraction of sp³-hybridized carbons (Fsp3) is 0.700. The molecule has 0 unspecified atom stereocenters. The zero-order valence-electron chi connectivity index (χ0n) is 9.35. The summed E-state index contributed by atoms with van der Waals surface area (Å²) in [6.07, 6.45) is 2.28. The summed E-state index contributed by atoms with van der Waals surface area (Å²) in [7, 11) is 0. The van der Waals surface area contributed by atoms with E-state index in [9.17, 15) is 0 Å². The third kappa shape index (κ3) is 3.89. The van der Waals surface area contributed by atoms with Crippen LogP contribution in [0.3, 0.4) is 0 Å². The number of aryl methyl sites for hydroxylation is 1. The van der Waals surface area contributed by atoms with E-state index >= 15 is 0 Å². The van der Waals surface area contributed by atoms with Crippen LogP contribution >= 0.6 is 0 Å². The third-order valence-corrected chi connectivity index (χ3v) is 2.03. The van der Waals surface area contributed by atoms with Crippen LogP contribution in [0.1, 0.15) is 20.3 Å². The minimum atomic E-state index is -0.163. The Morgan fingerprint density at radius 2 is 2.07 bits per heavy atom. The van der Waals surface area contributed by atoms with Crippen molar-refractivity contribution in [2.24, 2.45) is 0 Å². The van der Waals surface area contributed by atoms with Crippen molar-refractivity contribution in [3.05, 3.63) is 12.3 Å². The van der Waals surface area contributed by atoms with Crippen LogP contribution < -0.4 is 5.73 Å². The summed E-state index contributed by atoms with van der Waals surface area (Å²) in [5.74, 6) is 0.668. The van der Waals surface area contributed by atoms with Gasteiger partial charge in [-0.1, -0.05) is 0 Å². The van der Waals surface area contributed by atoms with Crippen molar-refractivity contribution in [1.82, 2.24) is 9.78 Å². The van der Waals surface area contributed by atoms with Crippen LogP contribution in [-0.4, -0.2) is 29.3 Å². The standard InChI is InChI=1S/C10H19N3O2/c1-3-14-10(15-4-2)6-8-13-9(11)5-7-12-13/h5,7,10H,3-4,6,8,11H2,1-2H3. The monoisotopic (exact) mass is 213 g/mol. The molecular formula is C10H19N3O2. The zero-order valence-corrected chi connectivity index (χ0v) is 9.35. The summed E-state index contributed by atoms with van der Waals surface area (Å²) in [5.41, 5.74) is 5.69. The van der Waals surface area contributed by atoms with Gasteiger partial charge in [-0.15, -0.1) is 0 Å². The van der Waals surface area contributed by atoms with Gasteiger partial charge in [-0.3, -0.25) is 0 Å². The molecule has 0 atom stereocenters. The topological polar surface area (TPSA) is 62.3 Å². The molecule has 0 spiro atoms. The fourth-order valence-corrected chi connectivity index (χ4v) is 1.34. The van der Waals surface area contributed by atoms with Crippen molar-refractivity contribution < 1.29 is 9.47 Å². The highest BCUT2D eigenvalue weighted by Gasteiger charge is 2.08. The van der Waals surface area contributed by atoms with Crippen molar-refractivity contribution in [1.29, 1.82) is 0 Å². The van der Waals surface area contributed by atoms with Crippen LogP contribution in [0.2, 0.25) is 0 Å². The number of aromatic nitrogens is 2. The first-order valence-electron chi connectivity index (χ1n) is 5.28. The molecule has 5 heteroatoms. The molecule has 0 saturated heterocycles. The number of nitrogens with zero attached hydrogens (tertiary/aromatic N) is 2. The predicted molar refractivity (Wildman–Crippen MR) is 58.3 cm³/mol. The molecule has 0 aliphatic rings. The molecule has 1 rings (SSSR count). The second kappa shape index (κ2) is 6.42. The number of hydrogen-bond donors (Lipinski definition) is 1. The van der Waals surface area contributed by atoms with E-state index in [0.29, 0.717) is 25.6 Å². The van der Waals surface area contributed by atoms with Gasteiger partial charge in [0.1, 0.15) is 5.82 Å². The molecule has 2 N–H and O–H groups in total. The largest absolute Gasteiger partial charge is 0.384 e. The molecule has 15 heavy (non-hydrogen) atoms. The maximum Gasteiger partial charge on any atom is 0.159 e. The molecule has 0 saturated carbocycles. The van der Waals surface area contributed by atoms with Gasteiger partial charge in [-0.2, -0.15) is 5.10 Å². The van der Waals surface area contributed by atoms with Gasteiger partial charge in [0.25, 0.3) is 0 Å². The lowest BCUT2D eigenvalue weighted by atomic mass is 10.4. The molecule has 86 valence electrons. The zero-order chi connectivity index (χ0) is 11.1. The molecule has 0 fully saturated rings. The van der Waals surface area contributed by atoms with E-state index < -0.39 is 0 Å². The number of nitrogen functional groups attached to an aromatic ring is 1. The van der Waals surface area contributed by atoms with E-state index in [2.05, 4.69) is 5.10 Å². The first kappa shape index (κ1) is 12.0. The van der Waals surface area contributed by atoms with Crippen LogP contribution in [0.5, 0.6) is 0 Å². The molecule has 0 amide bonds. The Morgan fingerprint density at radius 3 is 2.53 bits per heavy atom. The number of hydrogen-bond acceptors (Lipinski definition) is 4. The minimum Gasteiger partial charge on any atom is -0.384 e. The van der Waals surface area contributed by atoms with Crippen LogP contribution in [0.15, 0.2) is 12.3 Å². The Hall–Kier alpha value is -1.07. The smallest absolute Gasteiger partial charge is 0.159 e. The SMILES string of the molecule is CCOC(CCn1nccc1N)OCC. The lowest BCUT2D eigenvalue weighted by Crippen LogP contribution is -2.20. The van der Waals surface area contributed by atoms with Crippen molar-refractivity contribution in [2.75, 3.05) is 18.9 Å². The normalized spacial score (nSPS) is 11.1. The number of ether oxygens (including phenoxy) is 2. The van der Waals surface area contributed by atoms with E-state index in [4.69, 9.17) is 15.2 Å². The van der Waals surface area contributed by atoms with Crippen LogP contribution in [0.4, 0.5) is 5.82 Å². The van der Waals surface area contributed by atoms with Gasteiger partial charge in [0.2, 0.25) is 0 Å². The van der Waals surface area contributed by atoms with E-state index in [1.807, 2.05) is 13.8 Å². The molecule has 1 aromatic rings. The summed E-state index contributed by atoms with van der Waals surface area (Å²) >= 11 is 0. The Morgan fingerprint density at radius 1 is 1.40 bits per heavy atom. The fourth-order valence-electron chi connectivity index (χ4n) is 1.34. The number of anilines is 1. The average molecular weight is 213 g/mol. The second-order valence-electron chi connectivity index (χ2n) is 3.11. The lowest BCUT2D eigenvalue weighted by molar-refractivity contribution is -0.141. The Labute approximate surface area is 90.2 Å². The average Bonchev–Trinajstić information content (AvgIpc) is 2.61. The minimum absolute atomic E-state index is 0.163. The van der Waals surface area contributed by atoms with Gasteiger partial charge >= 0.3 is 0 Å². The molecule has 0 bridgehead atoms. The highest BCUT2D eigenvalue weighted by molar-refractivity contribution is 5.25. The van der Waals surface area contributed by atoms with Crippen molar-refractivity contribution in [3.8, 4) is 0 Å². The molecule has 1 heterocycles. The van der Waals surface area contributed by atoms with Gasteiger partial charge < -0.3 is 15.2 Å². The van der Waals surface area contributed by atoms with E-state index in [1.54, 1.807) is 16.9 Å². The summed E-state index contributed by atoms with van der Waals surface area (Å²) in [4.78, 5) is 0. The van der Waals surface area contributed by atoms with E-state index in [0.717, 1.165) is 6.42 Å². The first-order chi connectivity index (χ1) is 7.27. The maximum absolute atomic E-state index is 5.69. The number of rotatable bonds is 7. The predicted octanol–water partition coefficient (Wildman–Crippen LogP) is 1.25. The lowest BCUT2D eigenvalue weighted by Gasteiger charge is -2.16.